The molecule has 0 bridgehead atoms. The van der Waals surface area contributed by atoms with Gasteiger partial charge in [0.25, 0.3) is 0 Å². The van der Waals surface area contributed by atoms with Gasteiger partial charge in [0.05, 0.1) is 51.3 Å². The van der Waals surface area contributed by atoms with E-state index in [0.717, 1.165) is 31.8 Å². The monoisotopic (exact) mass is 526 g/mol. The van der Waals surface area contributed by atoms with Crippen molar-refractivity contribution >= 4 is 11.9 Å². The first-order valence-electron chi connectivity index (χ1n) is 14.1. The summed E-state index contributed by atoms with van der Waals surface area (Å²) in [4.78, 5) is 20.5. The van der Waals surface area contributed by atoms with Gasteiger partial charge in [-0.15, -0.1) is 0 Å². The minimum absolute atomic E-state index is 0.312. The van der Waals surface area contributed by atoms with Crippen LogP contribution in [0, 0.1) is 11.3 Å². The second kappa shape index (κ2) is 20.3. The van der Waals surface area contributed by atoms with Gasteiger partial charge in [-0.3, -0.25) is 0 Å². The third kappa shape index (κ3) is 16.7. The molecule has 0 spiro atoms. The Morgan fingerprint density at radius 1 is 0.946 bits per heavy atom. The molecule has 4 rings (SSSR count). The SMILES string of the molecule is C=C(C)C(=O)OCC.C=CC(=O)OCC.CCC1(CC)COC1.CCC1CCC2OC2C1.CCC1CO1. The molecular formula is C30H54O7. The summed E-state index contributed by atoms with van der Waals surface area (Å²) < 4.78 is 24.4. The van der Waals surface area contributed by atoms with Crippen LogP contribution in [0.2, 0.25) is 0 Å². The van der Waals surface area contributed by atoms with Crippen LogP contribution in [0.5, 0.6) is 0 Å². The average molecular weight is 527 g/mol. The zero-order valence-electron chi connectivity index (χ0n) is 24.6. The Balaban J connectivity index is 0.000000443. The van der Waals surface area contributed by atoms with Crippen molar-refractivity contribution in [1.29, 1.82) is 0 Å². The molecule has 3 saturated heterocycles. The second-order valence-electron chi connectivity index (χ2n) is 9.82. The maximum absolute atomic E-state index is 10.4. The minimum Gasteiger partial charge on any atom is -0.463 e. The Morgan fingerprint density at radius 3 is 1.76 bits per heavy atom. The zero-order chi connectivity index (χ0) is 28.3. The van der Waals surface area contributed by atoms with Gasteiger partial charge in [-0.2, -0.15) is 0 Å². The minimum atomic E-state index is -0.359. The van der Waals surface area contributed by atoms with Gasteiger partial charge in [0.15, 0.2) is 0 Å². The van der Waals surface area contributed by atoms with Crippen LogP contribution < -0.4 is 0 Å². The average Bonchev–Trinajstić information content (AvgIpc) is 3.80. The van der Waals surface area contributed by atoms with Crippen molar-refractivity contribution < 1.29 is 33.3 Å². The molecule has 1 saturated carbocycles. The maximum Gasteiger partial charge on any atom is 0.333 e. The van der Waals surface area contributed by atoms with Gasteiger partial charge in [-0.1, -0.05) is 47.3 Å². The summed E-state index contributed by atoms with van der Waals surface area (Å²) in [5, 5.41) is 0. The number of esters is 2. The molecule has 3 heterocycles. The van der Waals surface area contributed by atoms with Crippen LogP contribution in [-0.2, 0) is 33.3 Å². The number of rotatable bonds is 8. The number of epoxide rings is 2. The summed E-state index contributed by atoms with van der Waals surface area (Å²) >= 11 is 0. The van der Waals surface area contributed by atoms with Gasteiger partial charge in [-0.05, 0) is 65.2 Å². The second-order valence-corrected chi connectivity index (χ2v) is 9.82. The summed E-state index contributed by atoms with van der Waals surface area (Å²) in [6.07, 6.45) is 12.4. The molecule has 7 nitrogen and oxygen atoms in total. The van der Waals surface area contributed by atoms with Gasteiger partial charge in [0.1, 0.15) is 0 Å². The fourth-order valence-corrected chi connectivity index (χ4v) is 3.67. The first-order valence-corrected chi connectivity index (χ1v) is 14.1. The first-order chi connectivity index (χ1) is 17.6. The predicted molar refractivity (Wildman–Crippen MR) is 148 cm³/mol. The van der Waals surface area contributed by atoms with Crippen molar-refractivity contribution in [3.63, 3.8) is 0 Å². The molecule has 4 atom stereocenters. The molecule has 4 fully saturated rings. The molecule has 4 aliphatic rings. The molecule has 7 heteroatoms. The summed E-state index contributed by atoms with van der Waals surface area (Å²) in [7, 11) is 0. The van der Waals surface area contributed by atoms with Crippen LogP contribution in [0.3, 0.4) is 0 Å². The maximum atomic E-state index is 10.4. The summed E-state index contributed by atoms with van der Waals surface area (Å²) in [6, 6.07) is 0. The summed E-state index contributed by atoms with van der Waals surface area (Å²) in [5.41, 5.74) is 1.03. The lowest BCUT2D eigenvalue weighted by atomic mass is 9.81. The summed E-state index contributed by atoms with van der Waals surface area (Å²) in [5.74, 6) is 0.309. The van der Waals surface area contributed by atoms with Crippen molar-refractivity contribution in [2.75, 3.05) is 33.0 Å². The highest BCUT2D eigenvalue weighted by atomic mass is 16.6. The Morgan fingerprint density at radius 2 is 1.54 bits per heavy atom. The van der Waals surface area contributed by atoms with E-state index in [9.17, 15) is 9.59 Å². The Bertz CT molecular complexity index is 639. The molecule has 0 amide bonds. The number of carbonyl (C=O) groups excluding carboxylic acids is 2. The lowest BCUT2D eigenvalue weighted by Gasteiger charge is -2.39. The smallest absolute Gasteiger partial charge is 0.333 e. The number of ether oxygens (including phenoxy) is 5. The van der Waals surface area contributed by atoms with Gasteiger partial charge < -0.3 is 23.7 Å². The van der Waals surface area contributed by atoms with Gasteiger partial charge in [0.2, 0.25) is 0 Å². The molecule has 1 aliphatic carbocycles. The highest BCUT2D eigenvalue weighted by Crippen LogP contribution is 2.40. The lowest BCUT2D eigenvalue weighted by Crippen LogP contribution is -2.41. The van der Waals surface area contributed by atoms with Gasteiger partial charge in [0, 0.05) is 17.1 Å². The summed E-state index contributed by atoms with van der Waals surface area (Å²) in [6.45, 7) is 24.5. The van der Waals surface area contributed by atoms with Gasteiger partial charge in [-0.25, -0.2) is 9.59 Å². The van der Waals surface area contributed by atoms with E-state index in [2.05, 4.69) is 50.3 Å². The molecule has 0 aromatic carbocycles. The van der Waals surface area contributed by atoms with E-state index in [0.29, 0.717) is 42.5 Å². The van der Waals surface area contributed by atoms with Crippen molar-refractivity contribution in [3.8, 4) is 0 Å². The van der Waals surface area contributed by atoms with Crippen LogP contribution in [0.25, 0.3) is 0 Å². The van der Waals surface area contributed by atoms with Crippen molar-refractivity contribution in [3.05, 3.63) is 24.8 Å². The van der Waals surface area contributed by atoms with Crippen LogP contribution >= 0.6 is 0 Å². The topological polar surface area (TPSA) is 86.9 Å². The van der Waals surface area contributed by atoms with Crippen LogP contribution in [0.15, 0.2) is 24.8 Å². The molecule has 4 unspecified atom stereocenters. The van der Waals surface area contributed by atoms with Crippen molar-refractivity contribution in [2.24, 2.45) is 11.3 Å². The highest BCUT2D eigenvalue weighted by Gasteiger charge is 2.43. The van der Waals surface area contributed by atoms with Crippen LogP contribution in [-0.4, -0.2) is 63.3 Å². The van der Waals surface area contributed by atoms with E-state index < -0.39 is 0 Å². The van der Waals surface area contributed by atoms with Crippen molar-refractivity contribution in [1.82, 2.24) is 0 Å². The van der Waals surface area contributed by atoms with Gasteiger partial charge >= 0.3 is 11.9 Å². The fraction of sp³-hybridized carbons (Fsp3) is 0.800. The zero-order valence-corrected chi connectivity index (χ0v) is 24.6. The number of hydrogen-bond acceptors (Lipinski definition) is 7. The highest BCUT2D eigenvalue weighted by molar-refractivity contribution is 5.86. The van der Waals surface area contributed by atoms with Crippen molar-refractivity contribution in [2.45, 2.75) is 112 Å². The number of fused-ring (bicyclic) bond motifs is 1. The first kappa shape index (κ1) is 35.3. The molecule has 37 heavy (non-hydrogen) atoms. The van der Waals surface area contributed by atoms with E-state index in [-0.39, 0.29) is 11.9 Å². The van der Waals surface area contributed by atoms with E-state index in [1.54, 1.807) is 20.8 Å². The van der Waals surface area contributed by atoms with E-state index >= 15 is 0 Å². The molecular weight excluding hydrogens is 472 g/mol. The normalized spacial score (nSPS) is 24.9. The fourth-order valence-electron chi connectivity index (χ4n) is 3.67. The van der Waals surface area contributed by atoms with Crippen LogP contribution in [0.1, 0.15) is 93.4 Å². The Hall–Kier alpha value is -1.70. The number of hydrogen-bond donors (Lipinski definition) is 0. The third-order valence-corrected chi connectivity index (χ3v) is 6.94. The molecule has 216 valence electrons. The molecule has 0 N–H and O–H groups in total. The lowest BCUT2D eigenvalue weighted by molar-refractivity contribution is -0.138. The Kier molecular flexibility index (Phi) is 19.4. The van der Waals surface area contributed by atoms with E-state index in [1.807, 2.05) is 0 Å². The third-order valence-electron chi connectivity index (χ3n) is 6.94. The standard InChI is InChI=1S/C8H14O.C7H14O.C6H10O2.C5H8O2.C4H8O/c1-2-6-3-4-7-8(5-6)9-7;1-3-7(4-2)5-8-6-7;1-4-8-6(7)5(2)3;1-3-5(6)7-4-2;1-2-4-3-5-4/h6-8H,2-5H2,1H3;3-6H2,1-2H3;2,4H2,1,3H3;3H,1,4H2,2H3;4H,2-3H2,1H3. The quantitative estimate of drug-likeness (QED) is 0.204. The largest absolute Gasteiger partial charge is 0.463 e. The number of carbonyl (C=O) groups is 2. The molecule has 0 aromatic heterocycles. The van der Waals surface area contributed by atoms with Crippen LogP contribution in [0.4, 0.5) is 0 Å². The predicted octanol–water partition coefficient (Wildman–Crippen LogP) is 6.44. The molecule has 0 radical (unpaired) electrons. The Labute approximate surface area is 226 Å². The van der Waals surface area contributed by atoms with E-state index in [1.165, 1.54) is 44.9 Å². The molecule has 3 aliphatic heterocycles. The van der Waals surface area contributed by atoms with E-state index in [4.69, 9.17) is 14.2 Å². The molecule has 0 aromatic rings.